The number of hydrogen-bond acceptors (Lipinski definition) is 2. The van der Waals surface area contributed by atoms with Gasteiger partial charge in [0.1, 0.15) is 0 Å². The van der Waals surface area contributed by atoms with Crippen LogP contribution in [0.1, 0.15) is 32.1 Å². The van der Waals surface area contributed by atoms with Crippen LogP contribution in [0, 0.1) is 11.3 Å². The zero-order valence-corrected chi connectivity index (χ0v) is 9.63. The lowest BCUT2D eigenvalue weighted by atomic mass is 9.80. The fourth-order valence-corrected chi connectivity index (χ4v) is 3.85. The molecule has 0 aromatic rings. The molecule has 0 radical (unpaired) electrons. The normalized spacial score (nSPS) is 40.5. The summed E-state index contributed by atoms with van der Waals surface area (Å²) in [5, 5.41) is 3.55. The van der Waals surface area contributed by atoms with Crippen molar-refractivity contribution in [3.05, 3.63) is 22.9 Å². The molecular weight excluding hydrogens is 196 g/mol. The van der Waals surface area contributed by atoms with Gasteiger partial charge in [-0.1, -0.05) is 6.08 Å². The first-order valence-corrected chi connectivity index (χ1v) is 6.56. The van der Waals surface area contributed by atoms with E-state index in [-0.39, 0.29) is 0 Å². The molecule has 1 N–H and O–H groups in total. The number of hydrogen-bond donors (Lipinski definition) is 1. The van der Waals surface area contributed by atoms with Crippen molar-refractivity contribution >= 4 is 6.21 Å². The molecule has 4 aliphatic rings. The van der Waals surface area contributed by atoms with Crippen LogP contribution in [0.5, 0.6) is 0 Å². The second kappa shape index (κ2) is 3.07. The lowest BCUT2D eigenvalue weighted by Gasteiger charge is -2.27. The molecule has 4 rings (SSSR count). The first-order chi connectivity index (χ1) is 7.90. The Morgan fingerprint density at radius 2 is 2.31 bits per heavy atom. The molecule has 1 saturated carbocycles. The lowest BCUT2D eigenvalue weighted by Crippen LogP contribution is -2.21. The van der Waals surface area contributed by atoms with Gasteiger partial charge in [-0.25, -0.2) is 0 Å². The van der Waals surface area contributed by atoms with Crippen molar-refractivity contribution in [1.82, 2.24) is 5.32 Å². The Morgan fingerprint density at radius 1 is 1.31 bits per heavy atom. The van der Waals surface area contributed by atoms with Crippen LogP contribution in [0.4, 0.5) is 0 Å². The van der Waals surface area contributed by atoms with Gasteiger partial charge < -0.3 is 5.32 Å². The Hall–Kier alpha value is -0.890. The van der Waals surface area contributed by atoms with Gasteiger partial charge in [-0.05, 0) is 55.7 Å². The smallest absolute Gasteiger partial charge is 0.0437 e. The molecule has 0 spiro atoms. The molecule has 2 nitrogen and oxygen atoms in total. The Bertz CT molecular complexity index is 430. The van der Waals surface area contributed by atoms with Gasteiger partial charge in [0.05, 0.1) is 0 Å². The van der Waals surface area contributed by atoms with Crippen molar-refractivity contribution in [3.8, 4) is 0 Å². The molecule has 2 unspecified atom stereocenters. The number of fused-ring (bicyclic) bond motifs is 1. The first-order valence-electron chi connectivity index (χ1n) is 6.56. The monoisotopic (exact) mass is 214 g/mol. The van der Waals surface area contributed by atoms with Crippen molar-refractivity contribution in [3.63, 3.8) is 0 Å². The maximum Gasteiger partial charge on any atom is 0.0437 e. The standard InChI is InChI=1S/C14H18N2/c1-4-12(14-7-10(14)8-15-9-14)11-3-2-6-16-13(11)5-1/h4,6,10,15H,1-3,5,7-9H2. The number of allylic oxidation sites excluding steroid dienone is 3. The van der Waals surface area contributed by atoms with E-state index in [0.29, 0.717) is 5.41 Å². The summed E-state index contributed by atoms with van der Waals surface area (Å²) in [4.78, 5) is 4.62. The zero-order chi connectivity index (χ0) is 10.6. The molecular formula is C14H18N2. The molecule has 0 amide bonds. The quantitative estimate of drug-likeness (QED) is 0.712. The van der Waals surface area contributed by atoms with E-state index in [1.54, 1.807) is 11.1 Å². The molecule has 2 aliphatic carbocycles. The minimum absolute atomic E-state index is 0.536. The van der Waals surface area contributed by atoms with E-state index in [1.165, 1.54) is 44.5 Å². The molecule has 1 saturated heterocycles. The van der Waals surface area contributed by atoms with Gasteiger partial charge in [-0.15, -0.1) is 0 Å². The fourth-order valence-electron chi connectivity index (χ4n) is 3.85. The van der Waals surface area contributed by atoms with E-state index in [1.807, 2.05) is 0 Å². The van der Waals surface area contributed by atoms with Crippen molar-refractivity contribution < 1.29 is 0 Å². The minimum atomic E-state index is 0.536. The third-order valence-electron chi connectivity index (χ3n) is 4.77. The van der Waals surface area contributed by atoms with Gasteiger partial charge in [0, 0.05) is 23.9 Å². The molecule has 84 valence electrons. The van der Waals surface area contributed by atoms with Crippen LogP contribution in [0.2, 0.25) is 0 Å². The number of aliphatic imine (C=N–C) groups is 1. The van der Waals surface area contributed by atoms with Crippen LogP contribution in [0.3, 0.4) is 0 Å². The molecule has 0 aromatic heterocycles. The molecule has 2 heteroatoms. The Labute approximate surface area is 96.5 Å². The summed E-state index contributed by atoms with van der Waals surface area (Å²) in [5.41, 5.74) is 5.23. The van der Waals surface area contributed by atoms with E-state index in [0.717, 1.165) is 12.3 Å². The van der Waals surface area contributed by atoms with E-state index in [4.69, 9.17) is 0 Å². The topological polar surface area (TPSA) is 24.4 Å². The predicted octanol–water partition coefficient (Wildman–Crippen LogP) is 2.43. The molecule has 2 atom stereocenters. The van der Waals surface area contributed by atoms with Gasteiger partial charge in [0.15, 0.2) is 0 Å². The highest BCUT2D eigenvalue weighted by Gasteiger charge is 2.59. The van der Waals surface area contributed by atoms with Crippen LogP contribution in [0.25, 0.3) is 0 Å². The SMILES string of the molecule is C1=NC2=C(CC1)C(C13CNCC1C3)=CCC2. The van der Waals surface area contributed by atoms with Gasteiger partial charge in [-0.2, -0.15) is 0 Å². The van der Waals surface area contributed by atoms with Crippen LogP contribution in [-0.2, 0) is 0 Å². The molecule has 2 fully saturated rings. The second-order valence-electron chi connectivity index (χ2n) is 5.62. The molecule has 0 bridgehead atoms. The largest absolute Gasteiger partial charge is 0.316 e. The number of nitrogens with zero attached hydrogens (tertiary/aromatic N) is 1. The van der Waals surface area contributed by atoms with Crippen molar-refractivity contribution in [2.45, 2.75) is 32.1 Å². The molecule has 16 heavy (non-hydrogen) atoms. The highest BCUT2D eigenvalue weighted by Crippen LogP contribution is 2.63. The Balaban J connectivity index is 1.76. The predicted molar refractivity (Wildman–Crippen MR) is 65.5 cm³/mol. The van der Waals surface area contributed by atoms with Gasteiger partial charge in [0.2, 0.25) is 0 Å². The molecule has 2 heterocycles. The summed E-state index contributed by atoms with van der Waals surface area (Å²) in [6.07, 6.45) is 10.8. The number of piperidine rings is 1. The number of nitrogens with one attached hydrogen (secondary N) is 1. The molecule has 2 aliphatic heterocycles. The van der Waals surface area contributed by atoms with Crippen LogP contribution >= 0.6 is 0 Å². The van der Waals surface area contributed by atoms with Gasteiger partial charge in [0.25, 0.3) is 0 Å². The maximum absolute atomic E-state index is 4.62. The lowest BCUT2D eigenvalue weighted by molar-refractivity contribution is 0.593. The zero-order valence-electron chi connectivity index (χ0n) is 9.63. The van der Waals surface area contributed by atoms with E-state index >= 15 is 0 Å². The average molecular weight is 214 g/mol. The van der Waals surface area contributed by atoms with Gasteiger partial charge in [-0.3, -0.25) is 4.99 Å². The summed E-state index contributed by atoms with van der Waals surface area (Å²) in [6, 6.07) is 0. The average Bonchev–Trinajstić information content (AvgIpc) is 2.91. The summed E-state index contributed by atoms with van der Waals surface area (Å²) < 4.78 is 0. The van der Waals surface area contributed by atoms with Crippen molar-refractivity contribution in [2.75, 3.05) is 13.1 Å². The summed E-state index contributed by atoms with van der Waals surface area (Å²) in [7, 11) is 0. The summed E-state index contributed by atoms with van der Waals surface area (Å²) >= 11 is 0. The third kappa shape index (κ3) is 1.08. The van der Waals surface area contributed by atoms with E-state index in [2.05, 4.69) is 22.6 Å². The van der Waals surface area contributed by atoms with Crippen molar-refractivity contribution in [1.29, 1.82) is 0 Å². The fraction of sp³-hybridized carbons (Fsp3) is 0.643. The maximum atomic E-state index is 4.62. The molecule has 0 aromatic carbocycles. The van der Waals surface area contributed by atoms with Crippen LogP contribution in [-0.4, -0.2) is 19.3 Å². The first kappa shape index (κ1) is 9.17. The summed E-state index contributed by atoms with van der Waals surface area (Å²) in [6.45, 7) is 2.45. The second-order valence-corrected chi connectivity index (χ2v) is 5.62. The number of rotatable bonds is 1. The van der Waals surface area contributed by atoms with Crippen LogP contribution in [0.15, 0.2) is 27.9 Å². The van der Waals surface area contributed by atoms with Crippen molar-refractivity contribution in [2.24, 2.45) is 16.3 Å². The van der Waals surface area contributed by atoms with E-state index < -0.39 is 0 Å². The highest BCUT2D eigenvalue weighted by molar-refractivity contribution is 5.64. The Morgan fingerprint density at radius 3 is 3.12 bits per heavy atom. The highest BCUT2D eigenvalue weighted by atomic mass is 15.0. The van der Waals surface area contributed by atoms with Crippen LogP contribution < -0.4 is 5.32 Å². The van der Waals surface area contributed by atoms with E-state index in [9.17, 15) is 0 Å². The summed E-state index contributed by atoms with van der Waals surface area (Å²) in [5.74, 6) is 0.927. The Kier molecular flexibility index (Phi) is 1.76. The third-order valence-corrected chi connectivity index (χ3v) is 4.77. The minimum Gasteiger partial charge on any atom is -0.316 e. The van der Waals surface area contributed by atoms with Gasteiger partial charge >= 0.3 is 0 Å².